The third-order valence-corrected chi connectivity index (χ3v) is 7.20. The normalized spacial score (nSPS) is 23.7. The van der Waals surface area contributed by atoms with Crippen molar-refractivity contribution in [1.29, 1.82) is 0 Å². The van der Waals surface area contributed by atoms with Crippen molar-refractivity contribution in [2.45, 2.75) is 59.0 Å². The van der Waals surface area contributed by atoms with Gasteiger partial charge in [0.05, 0.1) is 0 Å². The summed E-state index contributed by atoms with van der Waals surface area (Å²) in [6.07, 6.45) is 4.53. The number of esters is 1. The van der Waals surface area contributed by atoms with Gasteiger partial charge in [-0.2, -0.15) is 0 Å². The van der Waals surface area contributed by atoms with Gasteiger partial charge in [0.2, 0.25) is 0 Å². The number of fused-ring (bicyclic) bond motifs is 2. The van der Waals surface area contributed by atoms with E-state index in [-0.39, 0.29) is 23.4 Å². The van der Waals surface area contributed by atoms with Crippen LogP contribution in [0, 0.1) is 183 Å². The van der Waals surface area contributed by atoms with Crippen LogP contribution in [0.2, 0.25) is 0 Å². The van der Waals surface area contributed by atoms with Crippen LogP contribution in [0.5, 0.6) is 0 Å². The number of hydrogen-bond acceptors (Lipinski definition) is 2. The molecule has 200 valence electrons. The molecule has 2 nitrogen and oxygen atoms in total. The molecule has 0 aromatic heterocycles. The Morgan fingerprint density at radius 2 is 1.12 bits per heavy atom. The maximum absolute atomic E-state index is 12.8. The lowest BCUT2D eigenvalue weighted by atomic mass is 9.69. The van der Waals surface area contributed by atoms with Crippen LogP contribution in [0.3, 0.4) is 0 Å². The minimum Gasteiger partial charge on any atom is -0.461 e. The predicted octanol–water partition coefficient (Wildman–Crippen LogP) is 3.44. The molecule has 0 amide bonds. The lowest BCUT2D eigenvalue weighted by Gasteiger charge is -2.33. The lowest BCUT2D eigenvalue weighted by molar-refractivity contribution is -0.143. The Balaban J connectivity index is 1.74. The second kappa shape index (κ2) is 17.4. The van der Waals surface area contributed by atoms with Gasteiger partial charge >= 0.3 is 5.97 Å². The molecule has 3 aliphatic rings. The molecule has 0 aromatic carbocycles. The van der Waals surface area contributed by atoms with E-state index in [1.165, 1.54) is 0 Å². The quantitative estimate of drug-likeness (QED) is 0.343. The second-order valence-corrected chi connectivity index (χ2v) is 9.71. The van der Waals surface area contributed by atoms with Crippen LogP contribution in [-0.4, -0.2) is 12.1 Å². The number of ether oxygens (including phenoxy) is 1. The zero-order valence-corrected chi connectivity index (χ0v) is 24.2. The standard InChI is InChI=1S/C41H24O2/c1-4-6-8-10-12-14-16-17-19-21-23-25-27-31-41-32-28-30-38(41)35(3)33-39-37(34-41)36(40(42)43-39)29-26-24-22-20-18-15-13-11-9-7-5-2/h35-39H,28,30,32-34H2,1-3H3. The molecule has 0 N–H and O–H groups in total. The van der Waals surface area contributed by atoms with Crippen molar-refractivity contribution in [3.05, 3.63) is 0 Å². The second-order valence-electron chi connectivity index (χ2n) is 9.71. The molecule has 1 saturated heterocycles. The van der Waals surface area contributed by atoms with E-state index >= 15 is 0 Å². The molecule has 2 saturated carbocycles. The van der Waals surface area contributed by atoms with Crippen LogP contribution in [0.15, 0.2) is 0 Å². The largest absolute Gasteiger partial charge is 0.461 e. The Kier molecular flexibility index (Phi) is 12.7. The lowest BCUT2D eigenvalue weighted by Crippen LogP contribution is -2.30. The molecule has 2 heteroatoms. The molecule has 3 rings (SSSR count). The highest BCUT2D eigenvalue weighted by Crippen LogP contribution is 2.57. The molecule has 2 aliphatic carbocycles. The SMILES string of the molecule is CC#CC#CC#CC#CC#CC#CC#CC12CCCC1C(C)CC1OC(=O)C(C#CC#CC#CC#CC#CC#CC)C1C2. The summed E-state index contributed by atoms with van der Waals surface area (Å²) in [5.74, 6) is 70.0. The first-order valence-electron chi connectivity index (χ1n) is 13.7. The summed E-state index contributed by atoms with van der Waals surface area (Å²) in [7, 11) is 0. The van der Waals surface area contributed by atoms with Gasteiger partial charge < -0.3 is 4.74 Å². The van der Waals surface area contributed by atoms with Crippen molar-refractivity contribution < 1.29 is 9.53 Å². The molecule has 43 heavy (non-hydrogen) atoms. The smallest absolute Gasteiger partial charge is 0.321 e. The Labute approximate surface area is 257 Å². The molecule has 1 aliphatic heterocycles. The molecule has 3 fully saturated rings. The van der Waals surface area contributed by atoms with Gasteiger partial charge in [-0.25, -0.2) is 0 Å². The van der Waals surface area contributed by atoms with Gasteiger partial charge in [0.25, 0.3) is 0 Å². The van der Waals surface area contributed by atoms with Crippen LogP contribution in [-0.2, 0) is 9.53 Å². The molecule has 6 atom stereocenters. The fourth-order valence-corrected chi connectivity index (χ4v) is 5.63. The summed E-state index contributed by atoms with van der Waals surface area (Å²) in [5, 5.41) is 0. The topological polar surface area (TPSA) is 26.3 Å². The fraction of sp³-hybridized carbons (Fsp3) is 0.341. The Hall–Kier alpha value is -6.25. The van der Waals surface area contributed by atoms with Crippen molar-refractivity contribution in [1.82, 2.24) is 0 Å². The zero-order chi connectivity index (χ0) is 30.6. The third kappa shape index (κ3) is 9.71. The third-order valence-electron chi connectivity index (χ3n) is 7.20. The maximum atomic E-state index is 12.8. The molecule has 0 bridgehead atoms. The van der Waals surface area contributed by atoms with Crippen LogP contribution in [0.1, 0.15) is 52.9 Å². The first kappa shape index (κ1) is 31.3. The van der Waals surface area contributed by atoms with Gasteiger partial charge in [-0.15, -0.1) is 0 Å². The molecule has 0 spiro atoms. The molecule has 0 aromatic rings. The average Bonchev–Trinajstić information content (AvgIpc) is 3.51. The van der Waals surface area contributed by atoms with Gasteiger partial charge in [0.15, 0.2) is 0 Å². The van der Waals surface area contributed by atoms with E-state index in [9.17, 15) is 4.79 Å². The summed E-state index contributed by atoms with van der Waals surface area (Å²) in [4.78, 5) is 12.8. The zero-order valence-electron chi connectivity index (χ0n) is 24.2. The first-order valence-corrected chi connectivity index (χ1v) is 13.7. The maximum Gasteiger partial charge on any atom is 0.321 e. The Morgan fingerprint density at radius 3 is 1.63 bits per heavy atom. The Bertz CT molecular complexity index is 1990. The summed E-state index contributed by atoms with van der Waals surface area (Å²) in [5.41, 5.74) is -0.241. The number of carbonyl (C=O) groups is 1. The predicted molar refractivity (Wildman–Crippen MR) is 167 cm³/mol. The monoisotopic (exact) mass is 548 g/mol. The van der Waals surface area contributed by atoms with Crippen molar-refractivity contribution in [2.24, 2.45) is 29.1 Å². The first-order chi connectivity index (χ1) is 21.1. The fourth-order valence-electron chi connectivity index (χ4n) is 5.63. The van der Waals surface area contributed by atoms with Crippen LogP contribution >= 0.6 is 0 Å². The van der Waals surface area contributed by atoms with Crippen LogP contribution < -0.4 is 0 Å². The van der Waals surface area contributed by atoms with E-state index in [2.05, 4.69) is 161 Å². The van der Waals surface area contributed by atoms with Crippen molar-refractivity contribution >= 4 is 5.97 Å². The van der Waals surface area contributed by atoms with Crippen molar-refractivity contribution in [2.75, 3.05) is 0 Å². The van der Waals surface area contributed by atoms with Gasteiger partial charge in [-0.3, -0.25) is 4.79 Å². The van der Waals surface area contributed by atoms with Gasteiger partial charge in [-0.05, 0) is 182 Å². The summed E-state index contributed by atoms with van der Waals surface area (Å²) >= 11 is 0. The molecule has 6 unspecified atom stereocenters. The number of hydrogen-bond donors (Lipinski definition) is 0. The van der Waals surface area contributed by atoms with E-state index in [4.69, 9.17) is 4.74 Å². The van der Waals surface area contributed by atoms with Crippen molar-refractivity contribution in [3.8, 4) is 154 Å². The van der Waals surface area contributed by atoms with Gasteiger partial charge in [-0.1, -0.05) is 37.0 Å². The van der Waals surface area contributed by atoms with Gasteiger partial charge in [0.1, 0.15) is 12.0 Å². The molecular formula is C41H24O2. The summed E-state index contributed by atoms with van der Waals surface area (Å²) in [6, 6.07) is 0. The minimum atomic E-state index is -0.545. The molecule has 1 heterocycles. The van der Waals surface area contributed by atoms with E-state index in [1.807, 2.05) is 0 Å². The van der Waals surface area contributed by atoms with Crippen LogP contribution in [0.4, 0.5) is 0 Å². The number of carbonyl (C=O) groups excluding carboxylic acids is 1. The van der Waals surface area contributed by atoms with E-state index in [0.29, 0.717) is 11.8 Å². The highest BCUT2D eigenvalue weighted by molar-refractivity contribution is 5.79. The Morgan fingerprint density at radius 1 is 0.651 bits per heavy atom. The average molecular weight is 549 g/mol. The van der Waals surface area contributed by atoms with Gasteiger partial charge in [0, 0.05) is 11.3 Å². The number of rotatable bonds is 0. The minimum absolute atomic E-state index is 0.0498. The highest BCUT2D eigenvalue weighted by atomic mass is 16.6. The van der Waals surface area contributed by atoms with Crippen molar-refractivity contribution in [3.63, 3.8) is 0 Å². The summed E-state index contributed by atoms with van der Waals surface area (Å²) < 4.78 is 5.82. The van der Waals surface area contributed by atoms with E-state index < -0.39 is 5.92 Å². The van der Waals surface area contributed by atoms with Crippen LogP contribution in [0.25, 0.3) is 0 Å². The summed E-state index contributed by atoms with van der Waals surface area (Å²) in [6.45, 7) is 5.64. The molecular weight excluding hydrogens is 524 g/mol. The van der Waals surface area contributed by atoms with E-state index in [0.717, 1.165) is 32.1 Å². The van der Waals surface area contributed by atoms with E-state index in [1.54, 1.807) is 13.8 Å². The highest BCUT2D eigenvalue weighted by Gasteiger charge is 2.55. The molecule has 0 radical (unpaired) electrons.